The second kappa shape index (κ2) is 9.00. The van der Waals surface area contributed by atoms with E-state index in [1.165, 1.54) is 23.9 Å². The number of aliphatic hydroxyl groups is 3. The van der Waals surface area contributed by atoms with Gasteiger partial charge in [-0.1, -0.05) is 31.5 Å². The van der Waals surface area contributed by atoms with Crippen LogP contribution in [-0.4, -0.2) is 59.7 Å². The van der Waals surface area contributed by atoms with E-state index in [1.54, 1.807) is 19.1 Å². The number of thioether (sulfide) groups is 1. The van der Waals surface area contributed by atoms with Crippen LogP contribution in [0.3, 0.4) is 0 Å². The van der Waals surface area contributed by atoms with Crippen LogP contribution in [0.25, 0.3) is 0 Å². The summed E-state index contributed by atoms with van der Waals surface area (Å²) in [6, 6.07) is 6.08. The van der Waals surface area contributed by atoms with Gasteiger partial charge in [-0.25, -0.2) is 0 Å². The quantitative estimate of drug-likeness (QED) is 0.560. The Balaban J connectivity index is 2.63. The van der Waals surface area contributed by atoms with Gasteiger partial charge in [-0.2, -0.15) is 20.2 Å². The summed E-state index contributed by atoms with van der Waals surface area (Å²) >= 11 is 1.43. The van der Waals surface area contributed by atoms with Crippen molar-refractivity contribution in [3.05, 3.63) is 29.8 Å². The molecule has 132 valence electrons. The molecule has 6 nitrogen and oxygen atoms in total. The van der Waals surface area contributed by atoms with Crippen LogP contribution in [0, 0.1) is 6.92 Å². The minimum absolute atomic E-state index is 0.0276. The van der Waals surface area contributed by atoms with Crippen LogP contribution >= 0.6 is 11.8 Å². The molecular weight excluding hydrogens is 340 g/mol. The van der Waals surface area contributed by atoms with Gasteiger partial charge in [-0.05, 0) is 24.8 Å². The zero-order chi connectivity index (χ0) is 17.6. The number of aryl methyl sites for hydroxylation is 1. The standard InChI is InChI=1S/C15H24O6S2/c1-4-22-11(3)14(17)15(18)13(16)9-21-23(19,20)12-7-5-10(2)6-8-12/h5-8,11,13-18H,4,9H2,1-3H3/t11?,13-,14-,15-/m0/s1. The van der Waals surface area contributed by atoms with Gasteiger partial charge in [-0.15, -0.1) is 0 Å². The van der Waals surface area contributed by atoms with Crippen molar-refractivity contribution in [1.82, 2.24) is 0 Å². The lowest BCUT2D eigenvalue weighted by Crippen LogP contribution is -2.44. The van der Waals surface area contributed by atoms with Crippen molar-refractivity contribution in [2.24, 2.45) is 0 Å². The molecule has 0 spiro atoms. The fourth-order valence-electron chi connectivity index (χ4n) is 1.90. The Kier molecular flexibility index (Phi) is 7.99. The molecule has 1 rings (SSSR count). The Labute approximate surface area is 141 Å². The van der Waals surface area contributed by atoms with Crippen LogP contribution in [0.4, 0.5) is 0 Å². The molecule has 0 fully saturated rings. The largest absolute Gasteiger partial charge is 0.389 e. The van der Waals surface area contributed by atoms with Gasteiger partial charge in [0, 0.05) is 5.25 Å². The Bertz CT molecular complexity index is 572. The molecule has 0 saturated carbocycles. The zero-order valence-electron chi connectivity index (χ0n) is 13.4. The van der Waals surface area contributed by atoms with Gasteiger partial charge in [0.1, 0.15) is 12.2 Å². The number of aliphatic hydroxyl groups excluding tert-OH is 3. The zero-order valence-corrected chi connectivity index (χ0v) is 15.0. The van der Waals surface area contributed by atoms with Crippen molar-refractivity contribution in [2.45, 2.75) is 49.2 Å². The molecule has 1 aromatic carbocycles. The topological polar surface area (TPSA) is 104 Å². The normalized spacial score (nSPS) is 17.5. The van der Waals surface area contributed by atoms with Crippen LogP contribution in [0.15, 0.2) is 29.2 Å². The fourth-order valence-corrected chi connectivity index (χ4v) is 3.71. The summed E-state index contributed by atoms with van der Waals surface area (Å²) in [5.74, 6) is 0.749. The van der Waals surface area contributed by atoms with E-state index in [4.69, 9.17) is 4.18 Å². The first-order chi connectivity index (χ1) is 10.7. The maximum absolute atomic E-state index is 12.0. The minimum atomic E-state index is -4.02. The number of hydrogen-bond donors (Lipinski definition) is 3. The summed E-state index contributed by atoms with van der Waals surface area (Å²) in [6.45, 7) is 4.83. The van der Waals surface area contributed by atoms with E-state index in [1.807, 2.05) is 13.8 Å². The van der Waals surface area contributed by atoms with E-state index in [9.17, 15) is 23.7 Å². The Morgan fingerprint density at radius 2 is 1.70 bits per heavy atom. The van der Waals surface area contributed by atoms with Gasteiger partial charge in [0.2, 0.25) is 0 Å². The van der Waals surface area contributed by atoms with Crippen LogP contribution in [-0.2, 0) is 14.3 Å². The van der Waals surface area contributed by atoms with Crippen molar-refractivity contribution in [2.75, 3.05) is 12.4 Å². The predicted octanol–water partition coefficient (Wildman–Crippen LogP) is 0.925. The molecule has 0 aliphatic carbocycles. The maximum atomic E-state index is 12.0. The lowest BCUT2D eigenvalue weighted by molar-refractivity contribution is -0.0706. The molecule has 0 heterocycles. The third-order valence-corrected chi connectivity index (χ3v) is 5.79. The maximum Gasteiger partial charge on any atom is 0.297 e. The minimum Gasteiger partial charge on any atom is -0.389 e. The molecule has 0 aliphatic rings. The van der Waals surface area contributed by atoms with Gasteiger partial charge in [-0.3, -0.25) is 4.18 Å². The number of benzene rings is 1. The molecule has 0 aliphatic heterocycles. The molecule has 1 unspecified atom stereocenters. The van der Waals surface area contributed by atoms with E-state index in [0.717, 1.165) is 11.3 Å². The van der Waals surface area contributed by atoms with Crippen molar-refractivity contribution in [1.29, 1.82) is 0 Å². The smallest absolute Gasteiger partial charge is 0.297 e. The molecule has 3 N–H and O–H groups in total. The Morgan fingerprint density at radius 3 is 2.22 bits per heavy atom. The van der Waals surface area contributed by atoms with E-state index < -0.39 is 35.0 Å². The lowest BCUT2D eigenvalue weighted by Gasteiger charge is -2.26. The monoisotopic (exact) mass is 364 g/mol. The first kappa shape index (κ1) is 20.4. The van der Waals surface area contributed by atoms with E-state index in [0.29, 0.717) is 0 Å². The summed E-state index contributed by atoms with van der Waals surface area (Å²) in [4.78, 5) is -0.0276. The summed E-state index contributed by atoms with van der Waals surface area (Å²) in [7, 11) is -4.02. The molecule has 4 atom stereocenters. The average Bonchev–Trinajstić information content (AvgIpc) is 2.51. The summed E-state index contributed by atoms with van der Waals surface area (Å²) in [6.07, 6.45) is -4.18. The third kappa shape index (κ3) is 6.06. The molecule has 0 bridgehead atoms. The number of rotatable bonds is 9. The van der Waals surface area contributed by atoms with E-state index in [2.05, 4.69) is 0 Å². The van der Waals surface area contributed by atoms with Gasteiger partial charge in [0.05, 0.1) is 17.6 Å². The van der Waals surface area contributed by atoms with Gasteiger partial charge in [0.25, 0.3) is 10.1 Å². The first-order valence-corrected chi connectivity index (χ1v) is 9.76. The molecule has 0 amide bonds. The van der Waals surface area contributed by atoms with Crippen LogP contribution in [0.5, 0.6) is 0 Å². The first-order valence-electron chi connectivity index (χ1n) is 7.31. The van der Waals surface area contributed by atoms with Gasteiger partial charge >= 0.3 is 0 Å². The van der Waals surface area contributed by atoms with E-state index >= 15 is 0 Å². The molecule has 23 heavy (non-hydrogen) atoms. The van der Waals surface area contributed by atoms with Crippen LogP contribution in [0.1, 0.15) is 19.4 Å². The highest BCUT2D eigenvalue weighted by molar-refractivity contribution is 7.99. The molecule has 8 heteroatoms. The van der Waals surface area contributed by atoms with Crippen LogP contribution in [0.2, 0.25) is 0 Å². The summed E-state index contributed by atoms with van der Waals surface area (Å²) in [5.41, 5.74) is 0.907. The number of hydrogen-bond acceptors (Lipinski definition) is 7. The Morgan fingerprint density at radius 1 is 1.13 bits per heavy atom. The van der Waals surface area contributed by atoms with Crippen molar-refractivity contribution < 1.29 is 27.9 Å². The predicted molar refractivity (Wildman–Crippen MR) is 89.9 cm³/mol. The van der Waals surface area contributed by atoms with E-state index in [-0.39, 0.29) is 10.1 Å². The summed E-state index contributed by atoms with van der Waals surface area (Å²) in [5, 5.41) is 29.4. The highest BCUT2D eigenvalue weighted by Gasteiger charge is 2.30. The molecule has 0 aromatic heterocycles. The van der Waals surface area contributed by atoms with Crippen molar-refractivity contribution in [3.8, 4) is 0 Å². The second-order valence-corrected chi connectivity index (χ2v) is 8.53. The fraction of sp³-hybridized carbons (Fsp3) is 0.600. The molecule has 0 radical (unpaired) electrons. The highest BCUT2D eigenvalue weighted by atomic mass is 32.2. The molecule has 0 saturated heterocycles. The molecular formula is C15H24O6S2. The van der Waals surface area contributed by atoms with Gasteiger partial charge < -0.3 is 15.3 Å². The molecule has 1 aromatic rings. The van der Waals surface area contributed by atoms with Crippen molar-refractivity contribution in [3.63, 3.8) is 0 Å². The van der Waals surface area contributed by atoms with Crippen LogP contribution < -0.4 is 0 Å². The second-order valence-electron chi connectivity index (χ2n) is 5.26. The van der Waals surface area contributed by atoms with Crippen molar-refractivity contribution >= 4 is 21.9 Å². The lowest BCUT2D eigenvalue weighted by atomic mass is 10.1. The SMILES string of the molecule is CCSC(C)[C@H](O)[C@@H](O)[C@@H](O)COS(=O)(=O)c1ccc(C)cc1. The van der Waals surface area contributed by atoms with Gasteiger partial charge in [0.15, 0.2) is 0 Å². The highest BCUT2D eigenvalue weighted by Crippen LogP contribution is 2.19. The average molecular weight is 364 g/mol. The summed E-state index contributed by atoms with van der Waals surface area (Å²) < 4.78 is 28.8. The Hall–Kier alpha value is -0.640. The third-order valence-electron chi connectivity index (χ3n) is 3.36.